The van der Waals surface area contributed by atoms with Crippen molar-refractivity contribution in [3.8, 4) is 0 Å². The molecule has 3 rings (SSSR count). The molecule has 0 nitrogen and oxygen atoms in total. The van der Waals surface area contributed by atoms with Crippen molar-refractivity contribution < 1.29 is 0 Å². The Hall–Kier alpha value is -2.34. The van der Waals surface area contributed by atoms with Gasteiger partial charge in [-0.3, -0.25) is 0 Å². The van der Waals surface area contributed by atoms with Crippen LogP contribution in [0.2, 0.25) is 0 Å². The van der Waals surface area contributed by atoms with Crippen LogP contribution in [0.5, 0.6) is 0 Å². The fraction of sp³-hybridized carbons (Fsp3) is 0.100. The van der Waals surface area contributed by atoms with Crippen molar-refractivity contribution >= 4 is 11.1 Å². The summed E-state index contributed by atoms with van der Waals surface area (Å²) < 4.78 is 0. The lowest BCUT2D eigenvalue weighted by atomic mass is 9.95. The first-order valence-corrected chi connectivity index (χ1v) is 7.07. The lowest BCUT2D eigenvalue weighted by molar-refractivity contribution is 1.42. The summed E-state index contributed by atoms with van der Waals surface area (Å²) in [5.74, 6) is 0. The largest absolute Gasteiger partial charge is 0.0870 e. The summed E-state index contributed by atoms with van der Waals surface area (Å²) in [6.07, 6.45) is 7.70. The van der Waals surface area contributed by atoms with Crippen LogP contribution in [-0.4, -0.2) is 0 Å². The number of hydrogen-bond donors (Lipinski definition) is 0. The van der Waals surface area contributed by atoms with Gasteiger partial charge in [-0.1, -0.05) is 78.9 Å². The highest BCUT2D eigenvalue weighted by Crippen LogP contribution is 2.39. The third-order valence-corrected chi connectivity index (χ3v) is 3.67. The van der Waals surface area contributed by atoms with E-state index < -0.39 is 0 Å². The minimum atomic E-state index is 1.01. The highest BCUT2D eigenvalue weighted by atomic mass is 14.2. The quantitative estimate of drug-likeness (QED) is 0.681. The first-order chi connectivity index (χ1) is 9.90. The minimum absolute atomic E-state index is 1.01. The molecule has 0 heterocycles. The second kappa shape index (κ2) is 5.75. The molecule has 20 heavy (non-hydrogen) atoms. The van der Waals surface area contributed by atoms with Crippen LogP contribution < -0.4 is 0 Å². The molecule has 0 heteroatoms. The van der Waals surface area contributed by atoms with Gasteiger partial charge in [0.25, 0.3) is 0 Å². The average molecular weight is 258 g/mol. The van der Waals surface area contributed by atoms with Crippen molar-refractivity contribution in [2.75, 3.05) is 0 Å². The lowest BCUT2D eigenvalue weighted by Crippen LogP contribution is -1.87. The predicted molar refractivity (Wildman–Crippen MR) is 87.2 cm³/mol. The SMILES string of the molecule is CC=CC1=C(c2ccccc2)CC=C1c1ccccc1. The van der Waals surface area contributed by atoms with Gasteiger partial charge in [-0.15, -0.1) is 0 Å². The summed E-state index contributed by atoms with van der Waals surface area (Å²) in [6.45, 7) is 2.08. The van der Waals surface area contributed by atoms with Gasteiger partial charge >= 0.3 is 0 Å². The van der Waals surface area contributed by atoms with Gasteiger partial charge in [0.15, 0.2) is 0 Å². The monoisotopic (exact) mass is 258 g/mol. The van der Waals surface area contributed by atoms with E-state index in [0.29, 0.717) is 0 Å². The highest BCUT2D eigenvalue weighted by Gasteiger charge is 2.17. The summed E-state index contributed by atoms with van der Waals surface area (Å²) in [5.41, 5.74) is 6.74. The van der Waals surface area contributed by atoms with E-state index in [1.165, 1.54) is 27.8 Å². The van der Waals surface area contributed by atoms with Crippen molar-refractivity contribution in [2.24, 2.45) is 0 Å². The van der Waals surface area contributed by atoms with E-state index in [-0.39, 0.29) is 0 Å². The average Bonchev–Trinajstić information content (AvgIpc) is 2.93. The number of hydrogen-bond acceptors (Lipinski definition) is 0. The van der Waals surface area contributed by atoms with Crippen molar-refractivity contribution in [1.82, 2.24) is 0 Å². The van der Waals surface area contributed by atoms with Crippen molar-refractivity contribution in [3.63, 3.8) is 0 Å². The molecule has 98 valence electrons. The molecule has 0 saturated heterocycles. The first kappa shape index (κ1) is 12.7. The molecule has 0 spiro atoms. The summed E-state index contributed by atoms with van der Waals surface area (Å²) in [6, 6.07) is 21.3. The Balaban J connectivity index is 2.08. The number of benzene rings is 2. The van der Waals surface area contributed by atoms with E-state index >= 15 is 0 Å². The van der Waals surface area contributed by atoms with Crippen LogP contribution in [0.25, 0.3) is 11.1 Å². The van der Waals surface area contributed by atoms with E-state index in [4.69, 9.17) is 0 Å². The maximum Gasteiger partial charge on any atom is -0.00759 e. The summed E-state index contributed by atoms with van der Waals surface area (Å²) in [4.78, 5) is 0. The number of rotatable bonds is 3. The van der Waals surface area contributed by atoms with Gasteiger partial charge in [-0.05, 0) is 41.2 Å². The Morgan fingerprint density at radius 2 is 1.40 bits per heavy atom. The molecule has 2 aromatic rings. The Bertz CT molecular complexity index is 670. The van der Waals surface area contributed by atoms with Gasteiger partial charge in [-0.2, -0.15) is 0 Å². The van der Waals surface area contributed by atoms with Crippen molar-refractivity contribution in [1.29, 1.82) is 0 Å². The summed E-state index contributed by atoms with van der Waals surface area (Å²) >= 11 is 0. The minimum Gasteiger partial charge on any atom is -0.0870 e. The van der Waals surface area contributed by atoms with Gasteiger partial charge in [0, 0.05) is 0 Å². The van der Waals surface area contributed by atoms with Gasteiger partial charge in [0.1, 0.15) is 0 Å². The third-order valence-electron chi connectivity index (χ3n) is 3.67. The summed E-state index contributed by atoms with van der Waals surface area (Å²) in [5, 5.41) is 0. The van der Waals surface area contributed by atoms with Gasteiger partial charge in [0.05, 0.1) is 0 Å². The lowest BCUT2D eigenvalue weighted by Gasteiger charge is -2.09. The normalized spacial score (nSPS) is 14.9. The van der Waals surface area contributed by atoms with Gasteiger partial charge in [-0.25, -0.2) is 0 Å². The van der Waals surface area contributed by atoms with Crippen LogP contribution >= 0.6 is 0 Å². The van der Waals surface area contributed by atoms with Crippen LogP contribution in [0.4, 0.5) is 0 Å². The first-order valence-electron chi connectivity index (χ1n) is 7.07. The molecule has 0 N–H and O–H groups in total. The molecule has 0 atom stereocenters. The van der Waals surface area contributed by atoms with Crippen LogP contribution in [0.1, 0.15) is 24.5 Å². The van der Waals surface area contributed by atoms with E-state index in [9.17, 15) is 0 Å². The molecule has 0 amide bonds. The molecule has 0 aliphatic heterocycles. The van der Waals surface area contributed by atoms with Crippen LogP contribution in [-0.2, 0) is 0 Å². The molecule has 2 aromatic carbocycles. The van der Waals surface area contributed by atoms with E-state index in [0.717, 1.165) is 6.42 Å². The number of allylic oxidation sites excluding steroid dienone is 6. The topological polar surface area (TPSA) is 0 Å². The second-order valence-corrected chi connectivity index (χ2v) is 4.95. The van der Waals surface area contributed by atoms with Gasteiger partial charge < -0.3 is 0 Å². The van der Waals surface area contributed by atoms with E-state index in [1.807, 2.05) is 0 Å². The van der Waals surface area contributed by atoms with Crippen molar-refractivity contribution in [3.05, 3.63) is 95.6 Å². The molecule has 0 radical (unpaired) electrons. The van der Waals surface area contributed by atoms with E-state index in [2.05, 4.69) is 85.8 Å². The zero-order chi connectivity index (χ0) is 13.8. The van der Waals surface area contributed by atoms with Crippen LogP contribution in [0.15, 0.2) is 84.5 Å². The third kappa shape index (κ3) is 2.37. The van der Waals surface area contributed by atoms with Crippen LogP contribution in [0, 0.1) is 0 Å². The Morgan fingerprint density at radius 1 is 0.800 bits per heavy atom. The Kier molecular flexibility index (Phi) is 3.64. The maximum atomic E-state index is 2.34. The molecule has 0 aromatic heterocycles. The molecule has 1 aliphatic rings. The molecule has 0 unspecified atom stereocenters. The predicted octanol–water partition coefficient (Wildman–Crippen LogP) is 5.50. The smallest absolute Gasteiger partial charge is 0.00759 e. The fourth-order valence-electron chi connectivity index (χ4n) is 2.75. The molecule has 1 aliphatic carbocycles. The van der Waals surface area contributed by atoms with Crippen LogP contribution in [0.3, 0.4) is 0 Å². The Morgan fingerprint density at radius 3 is 2.00 bits per heavy atom. The molecular formula is C20H18. The maximum absolute atomic E-state index is 2.34. The zero-order valence-electron chi connectivity index (χ0n) is 11.7. The standard InChI is InChI=1S/C20H18/c1-2-9-20-18(16-10-5-3-6-11-16)14-15-19(20)17-12-7-4-8-13-17/h2-14H,15H2,1H3. The fourth-order valence-corrected chi connectivity index (χ4v) is 2.75. The zero-order valence-corrected chi connectivity index (χ0v) is 11.7. The Labute approximate surface area is 120 Å². The second-order valence-electron chi connectivity index (χ2n) is 4.95. The molecular weight excluding hydrogens is 240 g/mol. The van der Waals surface area contributed by atoms with E-state index in [1.54, 1.807) is 0 Å². The molecule has 0 bridgehead atoms. The summed E-state index contributed by atoms with van der Waals surface area (Å²) in [7, 11) is 0. The molecule has 0 saturated carbocycles. The molecule has 0 fully saturated rings. The van der Waals surface area contributed by atoms with Gasteiger partial charge in [0.2, 0.25) is 0 Å². The highest BCUT2D eigenvalue weighted by molar-refractivity contribution is 5.96. The van der Waals surface area contributed by atoms with Crippen molar-refractivity contribution in [2.45, 2.75) is 13.3 Å².